The van der Waals surface area contributed by atoms with Crippen molar-refractivity contribution in [2.45, 2.75) is 58.5 Å². The summed E-state index contributed by atoms with van der Waals surface area (Å²) in [6, 6.07) is 1.04. The highest BCUT2D eigenvalue weighted by Gasteiger charge is 2.32. The zero-order chi connectivity index (χ0) is 12.1. The van der Waals surface area contributed by atoms with Gasteiger partial charge in [0.1, 0.15) is 0 Å². The van der Waals surface area contributed by atoms with Gasteiger partial charge in [0, 0.05) is 12.1 Å². The standard InChI is InChI=1S/C13H25NO2/c1-10(2)7-8-14(12-5-6-12)11(3)9-13(15)16-4/h10-12H,5-9H2,1-4H3. The SMILES string of the molecule is COC(=O)CC(C)N(CCC(C)C)C1CC1. The normalized spacial score (nSPS) is 17.9. The summed E-state index contributed by atoms with van der Waals surface area (Å²) in [4.78, 5) is 13.7. The van der Waals surface area contributed by atoms with E-state index in [1.165, 1.54) is 26.4 Å². The Balaban J connectivity index is 2.39. The van der Waals surface area contributed by atoms with Crippen LogP contribution in [0.3, 0.4) is 0 Å². The number of hydrogen-bond donors (Lipinski definition) is 0. The Morgan fingerprint density at radius 1 is 1.38 bits per heavy atom. The van der Waals surface area contributed by atoms with Crippen molar-refractivity contribution in [2.24, 2.45) is 5.92 Å². The molecule has 0 bridgehead atoms. The van der Waals surface area contributed by atoms with Gasteiger partial charge in [-0.2, -0.15) is 0 Å². The molecule has 0 radical (unpaired) electrons. The number of hydrogen-bond acceptors (Lipinski definition) is 3. The van der Waals surface area contributed by atoms with Crippen LogP contribution in [0.5, 0.6) is 0 Å². The van der Waals surface area contributed by atoms with Crippen LogP contribution < -0.4 is 0 Å². The summed E-state index contributed by atoms with van der Waals surface area (Å²) in [7, 11) is 1.46. The summed E-state index contributed by atoms with van der Waals surface area (Å²) in [5.74, 6) is 0.634. The number of rotatable bonds is 7. The zero-order valence-corrected chi connectivity index (χ0v) is 11.0. The lowest BCUT2D eigenvalue weighted by Gasteiger charge is -2.29. The third kappa shape index (κ3) is 4.52. The molecule has 1 fully saturated rings. The molecule has 1 saturated carbocycles. The predicted molar refractivity (Wildman–Crippen MR) is 65.3 cm³/mol. The highest BCUT2D eigenvalue weighted by atomic mass is 16.5. The Hall–Kier alpha value is -0.570. The monoisotopic (exact) mass is 227 g/mol. The first-order valence-corrected chi connectivity index (χ1v) is 6.37. The first kappa shape index (κ1) is 13.5. The summed E-state index contributed by atoms with van der Waals surface area (Å²) in [5, 5.41) is 0. The van der Waals surface area contributed by atoms with Crippen molar-refractivity contribution in [1.82, 2.24) is 4.90 Å². The first-order valence-electron chi connectivity index (χ1n) is 6.37. The zero-order valence-electron chi connectivity index (χ0n) is 11.0. The van der Waals surface area contributed by atoms with Gasteiger partial charge in [-0.1, -0.05) is 13.8 Å². The summed E-state index contributed by atoms with van der Waals surface area (Å²) < 4.78 is 4.73. The molecule has 1 atom stereocenters. The van der Waals surface area contributed by atoms with E-state index in [1.54, 1.807) is 0 Å². The second-order valence-electron chi connectivity index (χ2n) is 5.28. The number of methoxy groups -OCH3 is 1. The van der Waals surface area contributed by atoms with Crippen LogP contribution in [-0.4, -0.2) is 36.6 Å². The topological polar surface area (TPSA) is 29.5 Å². The fourth-order valence-electron chi connectivity index (χ4n) is 2.02. The lowest BCUT2D eigenvalue weighted by Crippen LogP contribution is -2.38. The molecule has 0 aromatic rings. The van der Waals surface area contributed by atoms with Gasteiger partial charge >= 0.3 is 5.97 Å². The number of ether oxygens (including phenoxy) is 1. The highest BCUT2D eigenvalue weighted by Crippen LogP contribution is 2.30. The molecule has 1 rings (SSSR count). The lowest BCUT2D eigenvalue weighted by atomic mass is 10.1. The van der Waals surface area contributed by atoms with Crippen LogP contribution in [0.1, 0.15) is 46.5 Å². The minimum absolute atomic E-state index is 0.0947. The minimum Gasteiger partial charge on any atom is -0.469 e. The first-order chi connectivity index (χ1) is 7.54. The third-order valence-electron chi connectivity index (χ3n) is 3.24. The molecule has 0 aromatic heterocycles. The average molecular weight is 227 g/mol. The van der Waals surface area contributed by atoms with Crippen LogP contribution in [-0.2, 0) is 9.53 Å². The number of carbonyl (C=O) groups is 1. The molecule has 1 unspecified atom stereocenters. The number of carbonyl (C=O) groups excluding carboxylic acids is 1. The Kier molecular flexibility index (Phi) is 5.26. The summed E-state index contributed by atoms with van der Waals surface area (Å²) in [5.41, 5.74) is 0. The molecule has 3 nitrogen and oxygen atoms in total. The van der Waals surface area contributed by atoms with Gasteiger partial charge in [0.05, 0.1) is 13.5 Å². The molecule has 0 saturated heterocycles. The number of nitrogens with zero attached hydrogens (tertiary/aromatic N) is 1. The van der Waals surface area contributed by atoms with E-state index in [1.807, 2.05) is 0 Å². The number of esters is 1. The second-order valence-corrected chi connectivity index (χ2v) is 5.28. The molecular weight excluding hydrogens is 202 g/mol. The van der Waals surface area contributed by atoms with Crippen molar-refractivity contribution in [1.29, 1.82) is 0 Å². The van der Waals surface area contributed by atoms with Crippen molar-refractivity contribution in [3.63, 3.8) is 0 Å². The maximum atomic E-state index is 11.3. The van der Waals surface area contributed by atoms with E-state index in [9.17, 15) is 4.79 Å². The van der Waals surface area contributed by atoms with Gasteiger partial charge in [0.15, 0.2) is 0 Å². The minimum atomic E-state index is -0.0947. The van der Waals surface area contributed by atoms with Crippen LogP contribution in [0.25, 0.3) is 0 Å². The largest absolute Gasteiger partial charge is 0.469 e. The van der Waals surface area contributed by atoms with E-state index in [-0.39, 0.29) is 5.97 Å². The molecule has 3 heteroatoms. The Morgan fingerprint density at radius 2 is 2.00 bits per heavy atom. The molecule has 0 N–H and O–H groups in total. The molecule has 16 heavy (non-hydrogen) atoms. The van der Waals surface area contributed by atoms with Crippen LogP contribution in [0.4, 0.5) is 0 Å². The predicted octanol–water partition coefficient (Wildman–Crippen LogP) is 2.45. The van der Waals surface area contributed by atoms with E-state index < -0.39 is 0 Å². The second kappa shape index (κ2) is 6.24. The van der Waals surface area contributed by atoms with E-state index in [0.29, 0.717) is 12.5 Å². The van der Waals surface area contributed by atoms with Crippen molar-refractivity contribution < 1.29 is 9.53 Å². The summed E-state index contributed by atoms with van der Waals surface area (Å²) in [6.45, 7) is 7.74. The van der Waals surface area contributed by atoms with E-state index >= 15 is 0 Å². The third-order valence-corrected chi connectivity index (χ3v) is 3.24. The highest BCUT2D eigenvalue weighted by molar-refractivity contribution is 5.69. The molecular formula is C13H25NO2. The quantitative estimate of drug-likeness (QED) is 0.626. The van der Waals surface area contributed by atoms with Gasteiger partial charge in [-0.05, 0) is 38.6 Å². The van der Waals surface area contributed by atoms with Gasteiger partial charge in [0.25, 0.3) is 0 Å². The lowest BCUT2D eigenvalue weighted by molar-refractivity contribution is -0.142. The van der Waals surface area contributed by atoms with Crippen LogP contribution >= 0.6 is 0 Å². The van der Waals surface area contributed by atoms with Crippen molar-refractivity contribution in [3.8, 4) is 0 Å². The smallest absolute Gasteiger partial charge is 0.307 e. The van der Waals surface area contributed by atoms with Gasteiger partial charge in [-0.15, -0.1) is 0 Å². The molecule has 0 heterocycles. The molecule has 0 amide bonds. The van der Waals surface area contributed by atoms with Gasteiger partial charge in [-0.25, -0.2) is 0 Å². The Labute approximate surface area is 99.1 Å². The van der Waals surface area contributed by atoms with Crippen LogP contribution in [0, 0.1) is 5.92 Å². The molecule has 0 aliphatic heterocycles. The van der Waals surface area contributed by atoms with Crippen LogP contribution in [0.15, 0.2) is 0 Å². The van der Waals surface area contributed by atoms with E-state index in [2.05, 4.69) is 25.7 Å². The molecule has 0 spiro atoms. The van der Waals surface area contributed by atoms with Crippen molar-refractivity contribution in [2.75, 3.05) is 13.7 Å². The van der Waals surface area contributed by atoms with Crippen molar-refractivity contribution >= 4 is 5.97 Å². The van der Waals surface area contributed by atoms with Gasteiger partial charge in [0.2, 0.25) is 0 Å². The van der Waals surface area contributed by atoms with Gasteiger partial charge in [-0.3, -0.25) is 9.69 Å². The Morgan fingerprint density at radius 3 is 2.44 bits per heavy atom. The van der Waals surface area contributed by atoms with Crippen LogP contribution in [0.2, 0.25) is 0 Å². The molecule has 94 valence electrons. The Bertz CT molecular complexity index is 224. The maximum Gasteiger partial charge on any atom is 0.307 e. The molecule has 1 aliphatic carbocycles. The average Bonchev–Trinajstić information content (AvgIpc) is 3.01. The fourth-order valence-corrected chi connectivity index (χ4v) is 2.02. The molecule has 1 aliphatic rings. The molecule has 0 aromatic carbocycles. The fraction of sp³-hybridized carbons (Fsp3) is 0.923. The maximum absolute atomic E-state index is 11.3. The summed E-state index contributed by atoms with van der Waals surface area (Å²) in [6.07, 6.45) is 4.32. The van der Waals surface area contributed by atoms with Crippen molar-refractivity contribution in [3.05, 3.63) is 0 Å². The van der Waals surface area contributed by atoms with E-state index in [4.69, 9.17) is 4.74 Å². The van der Waals surface area contributed by atoms with Gasteiger partial charge < -0.3 is 4.74 Å². The summed E-state index contributed by atoms with van der Waals surface area (Å²) >= 11 is 0. The van der Waals surface area contributed by atoms with E-state index in [0.717, 1.165) is 18.5 Å².